The smallest absolute Gasteiger partial charge is 0.122 e. The molecule has 0 fully saturated rings. The highest BCUT2D eigenvalue weighted by Crippen LogP contribution is 2.30. The van der Waals surface area contributed by atoms with Crippen molar-refractivity contribution in [3.05, 3.63) is 64.7 Å². The van der Waals surface area contributed by atoms with Crippen molar-refractivity contribution in [2.24, 2.45) is 11.8 Å². The Kier molecular flexibility index (Phi) is 9.71. The van der Waals surface area contributed by atoms with E-state index in [4.69, 9.17) is 21.1 Å². The molecule has 0 amide bonds. The Hall–Kier alpha value is -1.51. The number of ether oxygens (including phenoxy) is 2. The maximum Gasteiger partial charge on any atom is 0.122 e. The summed E-state index contributed by atoms with van der Waals surface area (Å²) >= 11 is 6.53. The molecule has 0 heterocycles. The van der Waals surface area contributed by atoms with Crippen LogP contribution in [0.15, 0.2) is 42.5 Å². The van der Waals surface area contributed by atoms with Gasteiger partial charge in [0.05, 0.1) is 18.1 Å². The van der Waals surface area contributed by atoms with Crippen molar-refractivity contribution in [3.63, 3.8) is 0 Å². The highest BCUT2D eigenvalue weighted by molar-refractivity contribution is 6.23. The van der Waals surface area contributed by atoms with Gasteiger partial charge in [-0.3, -0.25) is 0 Å². The van der Waals surface area contributed by atoms with Crippen LogP contribution >= 0.6 is 11.6 Å². The maximum absolute atomic E-state index is 6.53. The lowest BCUT2D eigenvalue weighted by Crippen LogP contribution is -2.14. The fourth-order valence-corrected chi connectivity index (χ4v) is 4.01. The summed E-state index contributed by atoms with van der Waals surface area (Å²) in [5.41, 5.74) is 5.20. The molecule has 2 nitrogen and oxygen atoms in total. The first kappa shape index (κ1) is 24.8. The molecule has 0 bridgehead atoms. The first-order chi connectivity index (χ1) is 14.2. The van der Waals surface area contributed by atoms with Crippen LogP contribution in [0.3, 0.4) is 0 Å². The number of halogens is 1. The number of alkyl halides is 1. The second-order valence-electron chi connectivity index (χ2n) is 9.43. The van der Waals surface area contributed by atoms with E-state index >= 15 is 0 Å². The van der Waals surface area contributed by atoms with Gasteiger partial charge in [0, 0.05) is 0 Å². The van der Waals surface area contributed by atoms with E-state index in [0.717, 1.165) is 25.0 Å². The largest absolute Gasteiger partial charge is 0.491 e. The number of benzene rings is 2. The van der Waals surface area contributed by atoms with Gasteiger partial charge in [-0.15, -0.1) is 11.6 Å². The molecule has 0 unspecified atom stereocenters. The SMILES string of the molecule is CC(C)Cc1cccc(OCCOCCc2ccccc2C(C)(C)Cl)c1CC(C)C. The molecule has 0 aromatic heterocycles. The zero-order valence-corrected chi connectivity index (χ0v) is 20.4. The molecular weight excluding hydrogens is 392 g/mol. The van der Waals surface area contributed by atoms with Gasteiger partial charge in [0.2, 0.25) is 0 Å². The quantitative estimate of drug-likeness (QED) is 0.262. The van der Waals surface area contributed by atoms with Crippen molar-refractivity contribution in [2.75, 3.05) is 19.8 Å². The molecule has 0 radical (unpaired) electrons. The minimum absolute atomic E-state index is 0.368. The minimum atomic E-state index is -0.368. The van der Waals surface area contributed by atoms with E-state index in [9.17, 15) is 0 Å². The maximum atomic E-state index is 6.53. The Morgan fingerprint density at radius 1 is 0.800 bits per heavy atom. The van der Waals surface area contributed by atoms with E-state index in [1.807, 2.05) is 19.9 Å². The molecule has 2 aromatic carbocycles. The molecule has 0 atom stereocenters. The fraction of sp³-hybridized carbons (Fsp3) is 0.556. The van der Waals surface area contributed by atoms with Gasteiger partial charge in [-0.2, -0.15) is 0 Å². The van der Waals surface area contributed by atoms with Gasteiger partial charge in [0.25, 0.3) is 0 Å². The number of hydrogen-bond acceptors (Lipinski definition) is 2. The molecule has 2 rings (SSSR count). The highest BCUT2D eigenvalue weighted by Gasteiger charge is 2.19. The molecule has 3 heteroatoms. The molecule has 2 aromatic rings. The van der Waals surface area contributed by atoms with E-state index < -0.39 is 0 Å². The standard InChI is InChI=1S/C27H39ClO2/c1-20(2)18-23-11-9-13-26(24(23)19-21(3)4)30-17-16-29-15-14-22-10-7-8-12-25(22)27(5,6)28/h7-13,20-21H,14-19H2,1-6H3. The van der Waals surface area contributed by atoms with Gasteiger partial charge in [-0.1, -0.05) is 64.1 Å². The average molecular weight is 431 g/mol. The van der Waals surface area contributed by atoms with Crippen LogP contribution in [0.2, 0.25) is 0 Å². The Morgan fingerprint density at radius 2 is 1.47 bits per heavy atom. The first-order valence-corrected chi connectivity index (χ1v) is 11.6. The van der Waals surface area contributed by atoms with E-state index in [2.05, 4.69) is 64.1 Å². The average Bonchev–Trinajstić information content (AvgIpc) is 2.65. The van der Waals surface area contributed by atoms with Crippen LogP contribution in [0, 0.1) is 11.8 Å². The lowest BCUT2D eigenvalue weighted by atomic mass is 9.92. The summed E-state index contributed by atoms with van der Waals surface area (Å²) in [6.07, 6.45) is 2.99. The summed E-state index contributed by atoms with van der Waals surface area (Å²) in [5.74, 6) is 2.25. The van der Waals surface area contributed by atoms with Crippen LogP contribution in [0.5, 0.6) is 5.75 Å². The minimum Gasteiger partial charge on any atom is -0.491 e. The van der Waals surface area contributed by atoms with E-state index in [1.165, 1.54) is 22.3 Å². The number of hydrogen-bond donors (Lipinski definition) is 0. The van der Waals surface area contributed by atoms with Gasteiger partial charge < -0.3 is 9.47 Å². The second kappa shape index (κ2) is 11.8. The summed E-state index contributed by atoms with van der Waals surface area (Å²) in [6.45, 7) is 14.9. The van der Waals surface area contributed by atoms with Crippen molar-refractivity contribution in [2.45, 2.75) is 65.7 Å². The summed E-state index contributed by atoms with van der Waals surface area (Å²) < 4.78 is 12.0. The van der Waals surface area contributed by atoms with Gasteiger partial charge in [0.1, 0.15) is 12.4 Å². The monoisotopic (exact) mass is 430 g/mol. The van der Waals surface area contributed by atoms with Gasteiger partial charge in [-0.05, 0) is 73.3 Å². The molecule has 0 aliphatic rings. The highest BCUT2D eigenvalue weighted by atomic mass is 35.5. The zero-order valence-electron chi connectivity index (χ0n) is 19.6. The van der Waals surface area contributed by atoms with Crippen molar-refractivity contribution < 1.29 is 9.47 Å². The Morgan fingerprint density at radius 3 is 2.13 bits per heavy atom. The molecule has 0 saturated carbocycles. The third-order valence-electron chi connectivity index (χ3n) is 5.13. The molecular formula is C27H39ClO2. The lowest BCUT2D eigenvalue weighted by molar-refractivity contribution is 0.102. The lowest BCUT2D eigenvalue weighted by Gasteiger charge is -2.20. The normalized spacial score (nSPS) is 12.0. The zero-order chi connectivity index (χ0) is 22.1. The van der Waals surface area contributed by atoms with Gasteiger partial charge in [0.15, 0.2) is 0 Å². The fourth-order valence-electron chi connectivity index (χ4n) is 3.83. The van der Waals surface area contributed by atoms with Crippen molar-refractivity contribution >= 4 is 11.6 Å². The van der Waals surface area contributed by atoms with Crippen molar-refractivity contribution in [1.29, 1.82) is 0 Å². The number of rotatable bonds is 12. The predicted molar refractivity (Wildman–Crippen MR) is 129 cm³/mol. The Labute approximate surface area is 188 Å². The summed E-state index contributed by atoms with van der Waals surface area (Å²) in [5, 5.41) is 0. The molecule has 0 N–H and O–H groups in total. The molecule has 166 valence electrons. The summed E-state index contributed by atoms with van der Waals surface area (Å²) in [6, 6.07) is 14.8. The van der Waals surface area contributed by atoms with Gasteiger partial charge in [-0.25, -0.2) is 0 Å². The van der Waals surface area contributed by atoms with E-state index in [0.29, 0.717) is 31.7 Å². The summed E-state index contributed by atoms with van der Waals surface area (Å²) in [4.78, 5) is -0.368. The topological polar surface area (TPSA) is 18.5 Å². The first-order valence-electron chi connectivity index (χ1n) is 11.3. The second-order valence-corrected chi connectivity index (χ2v) is 10.4. The summed E-state index contributed by atoms with van der Waals surface area (Å²) in [7, 11) is 0. The third-order valence-corrected chi connectivity index (χ3v) is 5.33. The van der Waals surface area contributed by atoms with Crippen LogP contribution < -0.4 is 4.74 Å². The third kappa shape index (κ3) is 7.96. The van der Waals surface area contributed by atoms with E-state index in [1.54, 1.807) is 0 Å². The van der Waals surface area contributed by atoms with Crippen LogP contribution in [-0.2, 0) is 28.9 Å². The molecule has 0 spiro atoms. The van der Waals surface area contributed by atoms with Crippen LogP contribution in [0.25, 0.3) is 0 Å². The van der Waals surface area contributed by atoms with Crippen molar-refractivity contribution in [3.8, 4) is 5.75 Å². The van der Waals surface area contributed by atoms with Crippen molar-refractivity contribution in [1.82, 2.24) is 0 Å². The van der Waals surface area contributed by atoms with Crippen LogP contribution in [-0.4, -0.2) is 19.8 Å². The Bertz CT molecular complexity index is 775. The van der Waals surface area contributed by atoms with Crippen LogP contribution in [0.1, 0.15) is 63.8 Å². The van der Waals surface area contributed by atoms with Gasteiger partial charge >= 0.3 is 0 Å². The predicted octanol–water partition coefficient (Wildman–Crippen LogP) is 7.20. The molecule has 30 heavy (non-hydrogen) atoms. The molecule has 0 saturated heterocycles. The van der Waals surface area contributed by atoms with E-state index in [-0.39, 0.29) is 4.87 Å². The Balaban J connectivity index is 1.88. The van der Waals surface area contributed by atoms with Crippen LogP contribution in [0.4, 0.5) is 0 Å². The molecule has 0 aliphatic carbocycles. The molecule has 0 aliphatic heterocycles.